The van der Waals surface area contributed by atoms with E-state index in [-0.39, 0.29) is 24.9 Å². The molecular formula is C9H15LiNO2. The van der Waals surface area contributed by atoms with Gasteiger partial charge in [-0.2, -0.15) is 0 Å². The molecule has 0 bridgehead atoms. The fourth-order valence-electron chi connectivity index (χ4n) is 2.35. The third-order valence-electron chi connectivity index (χ3n) is 3.14. The molecule has 2 aliphatic rings. The van der Waals surface area contributed by atoms with E-state index in [1.165, 1.54) is 25.7 Å². The van der Waals surface area contributed by atoms with Crippen molar-refractivity contribution in [3.8, 4) is 0 Å². The third kappa shape index (κ3) is 2.09. The fourth-order valence-corrected chi connectivity index (χ4v) is 2.35. The van der Waals surface area contributed by atoms with E-state index >= 15 is 0 Å². The van der Waals surface area contributed by atoms with Crippen molar-refractivity contribution in [1.29, 1.82) is 0 Å². The molecule has 1 heterocycles. The average molecular weight is 176 g/mol. The van der Waals surface area contributed by atoms with Gasteiger partial charge in [-0.05, 0) is 19.3 Å². The Morgan fingerprint density at radius 2 is 1.85 bits per heavy atom. The predicted octanol–water partition coefficient (Wildman–Crippen LogP) is 0.707. The third-order valence-corrected chi connectivity index (χ3v) is 3.14. The zero-order chi connectivity index (χ0) is 8.55. The molecular weight excluding hydrogens is 161 g/mol. The zero-order valence-corrected chi connectivity index (χ0v) is 8.20. The van der Waals surface area contributed by atoms with Crippen LogP contribution in [0.4, 0.5) is 0 Å². The van der Waals surface area contributed by atoms with Crippen LogP contribution in [-0.4, -0.2) is 53.5 Å². The van der Waals surface area contributed by atoms with Crippen molar-refractivity contribution >= 4 is 24.8 Å². The number of hydrogen-bond acceptors (Lipinski definition) is 2. The van der Waals surface area contributed by atoms with Gasteiger partial charge in [0.05, 0.1) is 0 Å². The van der Waals surface area contributed by atoms with Gasteiger partial charge in [0.25, 0.3) is 0 Å². The van der Waals surface area contributed by atoms with Crippen molar-refractivity contribution < 1.29 is 9.90 Å². The molecule has 0 aromatic carbocycles. The van der Waals surface area contributed by atoms with Crippen molar-refractivity contribution in [2.75, 3.05) is 6.54 Å². The Labute approximate surface area is 90.7 Å². The Hall–Kier alpha value is 0.0274. The van der Waals surface area contributed by atoms with Gasteiger partial charge in [0.15, 0.2) is 0 Å². The molecule has 2 fully saturated rings. The Bertz CT molecular complexity index is 192. The van der Waals surface area contributed by atoms with Gasteiger partial charge in [-0.15, -0.1) is 0 Å². The van der Waals surface area contributed by atoms with E-state index in [4.69, 9.17) is 5.11 Å². The Balaban J connectivity index is 0.000000845. The van der Waals surface area contributed by atoms with Crippen molar-refractivity contribution in [2.45, 2.75) is 44.2 Å². The van der Waals surface area contributed by atoms with E-state index in [0.29, 0.717) is 6.04 Å². The molecule has 1 radical (unpaired) electrons. The summed E-state index contributed by atoms with van der Waals surface area (Å²) in [5, 5.41) is 8.82. The van der Waals surface area contributed by atoms with E-state index in [0.717, 1.165) is 13.0 Å². The number of likely N-dealkylation sites (tertiary alicyclic amines) is 1. The normalized spacial score (nSPS) is 29.4. The number of hydrogen-bond donors (Lipinski definition) is 1. The molecule has 13 heavy (non-hydrogen) atoms. The summed E-state index contributed by atoms with van der Waals surface area (Å²) in [6.07, 6.45) is 5.85. The summed E-state index contributed by atoms with van der Waals surface area (Å²) in [6, 6.07) is 0.424. The minimum Gasteiger partial charge on any atom is -0.480 e. The molecule has 2 rings (SSSR count). The second-order valence-corrected chi connectivity index (χ2v) is 3.82. The predicted molar refractivity (Wildman–Crippen MR) is 50.8 cm³/mol. The zero-order valence-electron chi connectivity index (χ0n) is 8.20. The van der Waals surface area contributed by atoms with Crippen molar-refractivity contribution in [2.24, 2.45) is 0 Å². The van der Waals surface area contributed by atoms with Crippen LogP contribution in [0.25, 0.3) is 0 Å². The minimum atomic E-state index is -0.631. The molecule has 1 aliphatic heterocycles. The van der Waals surface area contributed by atoms with E-state index in [9.17, 15) is 4.79 Å². The molecule has 1 saturated carbocycles. The molecule has 4 heteroatoms. The first kappa shape index (κ1) is 11.1. The summed E-state index contributed by atoms with van der Waals surface area (Å²) in [4.78, 5) is 12.9. The Morgan fingerprint density at radius 1 is 1.23 bits per heavy atom. The quantitative estimate of drug-likeness (QED) is 0.630. The SMILES string of the molecule is O=C(O)C1CCN1C1CCCC1.[Li]. The van der Waals surface area contributed by atoms with E-state index < -0.39 is 5.97 Å². The van der Waals surface area contributed by atoms with Crippen molar-refractivity contribution in [3.63, 3.8) is 0 Å². The fraction of sp³-hybridized carbons (Fsp3) is 0.889. The maximum absolute atomic E-state index is 10.7. The molecule has 0 aromatic rings. The molecule has 1 aliphatic carbocycles. The van der Waals surface area contributed by atoms with E-state index in [1.54, 1.807) is 0 Å². The standard InChI is InChI=1S/C9H15NO2.Li/c11-9(12)8-5-6-10(8)7-3-1-2-4-7;/h7-8H,1-6H2,(H,11,12);. The second-order valence-electron chi connectivity index (χ2n) is 3.82. The van der Waals surface area contributed by atoms with Gasteiger partial charge in [-0.3, -0.25) is 9.69 Å². The van der Waals surface area contributed by atoms with Crippen LogP contribution in [0.5, 0.6) is 0 Å². The van der Waals surface area contributed by atoms with Gasteiger partial charge >= 0.3 is 5.97 Å². The van der Waals surface area contributed by atoms with Crippen LogP contribution in [0, 0.1) is 0 Å². The Kier molecular flexibility index (Phi) is 3.84. The first-order valence-corrected chi connectivity index (χ1v) is 4.77. The topological polar surface area (TPSA) is 40.5 Å². The maximum Gasteiger partial charge on any atom is 0.320 e. The largest absolute Gasteiger partial charge is 0.480 e. The number of carbonyl (C=O) groups is 1. The molecule has 0 aromatic heterocycles. The van der Waals surface area contributed by atoms with Gasteiger partial charge in [0, 0.05) is 31.4 Å². The van der Waals surface area contributed by atoms with Crippen LogP contribution in [-0.2, 0) is 4.79 Å². The van der Waals surface area contributed by atoms with Gasteiger partial charge < -0.3 is 5.11 Å². The Morgan fingerprint density at radius 3 is 2.23 bits per heavy atom. The summed E-state index contributed by atoms with van der Waals surface area (Å²) < 4.78 is 0. The van der Waals surface area contributed by atoms with Crippen LogP contribution in [0.3, 0.4) is 0 Å². The monoisotopic (exact) mass is 176 g/mol. The number of carboxylic acid groups (broad SMARTS) is 1. The first-order chi connectivity index (χ1) is 5.79. The molecule has 3 nitrogen and oxygen atoms in total. The second kappa shape index (κ2) is 4.50. The first-order valence-electron chi connectivity index (χ1n) is 4.77. The molecule has 69 valence electrons. The molecule has 0 spiro atoms. The summed E-state index contributed by atoms with van der Waals surface area (Å²) >= 11 is 0. The van der Waals surface area contributed by atoms with Crippen LogP contribution < -0.4 is 0 Å². The number of nitrogens with zero attached hydrogens (tertiary/aromatic N) is 1. The smallest absolute Gasteiger partial charge is 0.320 e. The summed E-state index contributed by atoms with van der Waals surface area (Å²) in [5.41, 5.74) is 0. The maximum atomic E-state index is 10.7. The summed E-state index contributed by atoms with van der Waals surface area (Å²) in [6.45, 7) is 1.00. The van der Waals surface area contributed by atoms with E-state index in [1.807, 2.05) is 0 Å². The molecule has 1 unspecified atom stereocenters. The van der Waals surface area contributed by atoms with Gasteiger partial charge in [-0.25, -0.2) is 0 Å². The van der Waals surface area contributed by atoms with E-state index in [2.05, 4.69) is 4.90 Å². The molecule has 1 saturated heterocycles. The van der Waals surface area contributed by atoms with Gasteiger partial charge in [0.1, 0.15) is 6.04 Å². The minimum absolute atomic E-state index is 0. The van der Waals surface area contributed by atoms with Crippen LogP contribution in [0.1, 0.15) is 32.1 Å². The number of carboxylic acids is 1. The van der Waals surface area contributed by atoms with Gasteiger partial charge in [-0.1, -0.05) is 12.8 Å². The number of rotatable bonds is 2. The van der Waals surface area contributed by atoms with Gasteiger partial charge in [0.2, 0.25) is 0 Å². The van der Waals surface area contributed by atoms with Crippen molar-refractivity contribution in [3.05, 3.63) is 0 Å². The van der Waals surface area contributed by atoms with Crippen LogP contribution >= 0.6 is 0 Å². The van der Waals surface area contributed by atoms with Crippen LogP contribution in [0.2, 0.25) is 0 Å². The summed E-state index contributed by atoms with van der Waals surface area (Å²) in [7, 11) is 0. The summed E-state index contributed by atoms with van der Waals surface area (Å²) in [5.74, 6) is -0.631. The van der Waals surface area contributed by atoms with Crippen molar-refractivity contribution in [1.82, 2.24) is 4.90 Å². The molecule has 1 atom stereocenters. The average Bonchev–Trinajstić information content (AvgIpc) is 2.35. The molecule has 0 amide bonds. The molecule has 1 N–H and O–H groups in total. The van der Waals surface area contributed by atoms with Crippen LogP contribution in [0.15, 0.2) is 0 Å². The number of aliphatic carboxylic acids is 1.